The van der Waals surface area contributed by atoms with Gasteiger partial charge in [0.2, 0.25) is 0 Å². The van der Waals surface area contributed by atoms with Crippen molar-refractivity contribution in [1.29, 1.82) is 0 Å². The van der Waals surface area contributed by atoms with E-state index in [1.165, 1.54) is 12.3 Å². The fourth-order valence-corrected chi connectivity index (χ4v) is 2.31. The topological polar surface area (TPSA) is 54.4 Å². The summed E-state index contributed by atoms with van der Waals surface area (Å²) in [7, 11) is 0. The summed E-state index contributed by atoms with van der Waals surface area (Å²) in [5.74, 6) is -0.327. The molecule has 1 aliphatic heterocycles. The molecule has 1 saturated heterocycles. The summed E-state index contributed by atoms with van der Waals surface area (Å²) in [6.45, 7) is 4.27. The number of aliphatic hydroxyl groups excluding tert-OH is 1. The maximum atomic E-state index is 12.8. The maximum Gasteiger partial charge on any atom is 0.141 e. The highest BCUT2D eigenvalue weighted by molar-refractivity contribution is 5.09. The number of hydrogen-bond donors (Lipinski definition) is 2. The first-order valence-corrected chi connectivity index (χ1v) is 6.69. The zero-order valence-corrected chi connectivity index (χ0v) is 11.2. The van der Waals surface area contributed by atoms with Crippen LogP contribution in [0.15, 0.2) is 18.3 Å². The highest BCUT2D eigenvalue weighted by Gasteiger charge is 2.32. The molecule has 0 bridgehead atoms. The number of halogens is 1. The Morgan fingerprint density at radius 3 is 2.79 bits per heavy atom. The number of nitrogens with zero attached hydrogens (tertiary/aromatic N) is 1. The van der Waals surface area contributed by atoms with Crippen molar-refractivity contribution >= 4 is 0 Å². The highest BCUT2D eigenvalue weighted by atomic mass is 19.1. The minimum atomic E-state index is -0.327. The van der Waals surface area contributed by atoms with Gasteiger partial charge in [0.05, 0.1) is 18.5 Å². The Morgan fingerprint density at radius 2 is 2.21 bits per heavy atom. The lowest BCUT2D eigenvalue weighted by Gasteiger charge is -2.36. The fraction of sp³-hybridized carbons (Fsp3) is 0.643. The average Bonchev–Trinajstić information content (AvgIpc) is 2.46. The molecule has 2 heterocycles. The van der Waals surface area contributed by atoms with Gasteiger partial charge in [-0.25, -0.2) is 4.39 Å². The highest BCUT2D eigenvalue weighted by Crippen LogP contribution is 2.29. The average molecular weight is 268 g/mol. The van der Waals surface area contributed by atoms with Crippen molar-refractivity contribution in [2.75, 3.05) is 26.4 Å². The van der Waals surface area contributed by atoms with Gasteiger partial charge in [0, 0.05) is 31.2 Å². The van der Waals surface area contributed by atoms with E-state index in [1.807, 2.05) is 6.92 Å². The molecular weight excluding hydrogens is 247 g/mol. The van der Waals surface area contributed by atoms with E-state index in [4.69, 9.17) is 4.74 Å². The minimum Gasteiger partial charge on any atom is -0.396 e. The molecule has 0 spiro atoms. The van der Waals surface area contributed by atoms with Crippen molar-refractivity contribution in [3.63, 3.8) is 0 Å². The number of pyridine rings is 1. The summed E-state index contributed by atoms with van der Waals surface area (Å²) in [4.78, 5) is 4.07. The number of aliphatic hydroxyl groups is 1. The van der Waals surface area contributed by atoms with Gasteiger partial charge in [-0.2, -0.15) is 0 Å². The molecule has 0 saturated carbocycles. The predicted molar refractivity (Wildman–Crippen MR) is 70.2 cm³/mol. The lowest BCUT2D eigenvalue weighted by Crippen LogP contribution is -2.42. The third-order valence-electron chi connectivity index (χ3n) is 3.87. The van der Waals surface area contributed by atoms with E-state index in [2.05, 4.69) is 10.3 Å². The molecule has 0 radical (unpaired) electrons. The molecular formula is C14H21FN2O2. The zero-order valence-electron chi connectivity index (χ0n) is 11.2. The molecule has 5 heteroatoms. The van der Waals surface area contributed by atoms with Crippen molar-refractivity contribution in [2.24, 2.45) is 5.41 Å². The largest absolute Gasteiger partial charge is 0.396 e. The molecule has 1 atom stereocenters. The lowest BCUT2D eigenvalue weighted by atomic mass is 9.81. The standard InChI is InChI=1S/C14H21FN2O2/c1-11(13-3-2-12(15)8-16-13)17-9-14(10-18)4-6-19-7-5-14/h2-3,8,11,17-18H,4-7,9-10H2,1H3. The van der Waals surface area contributed by atoms with Gasteiger partial charge < -0.3 is 15.2 Å². The van der Waals surface area contributed by atoms with Crippen molar-refractivity contribution < 1.29 is 14.2 Å². The van der Waals surface area contributed by atoms with Crippen LogP contribution in [-0.4, -0.2) is 36.5 Å². The van der Waals surface area contributed by atoms with Crippen molar-refractivity contribution in [1.82, 2.24) is 10.3 Å². The van der Waals surface area contributed by atoms with Crippen LogP contribution in [0.4, 0.5) is 4.39 Å². The second-order valence-corrected chi connectivity index (χ2v) is 5.27. The third kappa shape index (κ3) is 3.72. The second kappa shape index (κ2) is 6.41. The molecule has 1 aromatic rings. The van der Waals surface area contributed by atoms with E-state index in [0.717, 1.165) is 18.5 Å². The Hall–Kier alpha value is -1.04. The van der Waals surface area contributed by atoms with Crippen LogP contribution in [0, 0.1) is 11.2 Å². The monoisotopic (exact) mass is 268 g/mol. The van der Waals surface area contributed by atoms with E-state index in [1.54, 1.807) is 6.07 Å². The first kappa shape index (κ1) is 14.4. The van der Waals surface area contributed by atoms with Gasteiger partial charge in [0.15, 0.2) is 0 Å². The first-order chi connectivity index (χ1) is 9.15. The molecule has 0 aliphatic carbocycles. The number of ether oxygens (including phenoxy) is 1. The van der Waals surface area contributed by atoms with Crippen LogP contribution in [0.1, 0.15) is 31.5 Å². The molecule has 0 aromatic carbocycles. The Labute approximate surface area is 113 Å². The van der Waals surface area contributed by atoms with Crippen LogP contribution in [0.25, 0.3) is 0 Å². The Bertz CT molecular complexity index is 391. The second-order valence-electron chi connectivity index (χ2n) is 5.27. The van der Waals surface area contributed by atoms with Crippen LogP contribution in [0.2, 0.25) is 0 Å². The van der Waals surface area contributed by atoms with Gasteiger partial charge in [-0.15, -0.1) is 0 Å². The van der Waals surface area contributed by atoms with Crippen LogP contribution >= 0.6 is 0 Å². The van der Waals surface area contributed by atoms with Gasteiger partial charge in [0.1, 0.15) is 5.82 Å². The van der Waals surface area contributed by atoms with Crippen molar-refractivity contribution in [3.8, 4) is 0 Å². The molecule has 4 nitrogen and oxygen atoms in total. The Morgan fingerprint density at radius 1 is 1.47 bits per heavy atom. The summed E-state index contributed by atoms with van der Waals surface area (Å²) in [5.41, 5.74) is 0.702. The maximum absolute atomic E-state index is 12.8. The number of rotatable bonds is 5. The van der Waals surface area contributed by atoms with Gasteiger partial charge in [0.25, 0.3) is 0 Å². The number of hydrogen-bond acceptors (Lipinski definition) is 4. The van der Waals surface area contributed by atoms with Gasteiger partial charge in [-0.3, -0.25) is 4.98 Å². The quantitative estimate of drug-likeness (QED) is 0.853. The molecule has 1 fully saturated rings. The van der Waals surface area contributed by atoms with Gasteiger partial charge >= 0.3 is 0 Å². The van der Waals surface area contributed by atoms with Crippen LogP contribution < -0.4 is 5.32 Å². The van der Waals surface area contributed by atoms with E-state index in [-0.39, 0.29) is 23.9 Å². The molecule has 1 aromatic heterocycles. The van der Waals surface area contributed by atoms with E-state index >= 15 is 0 Å². The SMILES string of the molecule is CC(NCC1(CO)CCOCC1)c1ccc(F)cn1. The molecule has 2 N–H and O–H groups in total. The molecule has 19 heavy (non-hydrogen) atoms. The van der Waals surface area contributed by atoms with Crippen LogP contribution in [0.3, 0.4) is 0 Å². The van der Waals surface area contributed by atoms with E-state index in [0.29, 0.717) is 19.8 Å². The van der Waals surface area contributed by atoms with Crippen molar-refractivity contribution in [2.45, 2.75) is 25.8 Å². The minimum absolute atomic E-state index is 0.0341. The summed E-state index contributed by atoms with van der Waals surface area (Å²) in [5, 5.41) is 13.0. The normalized spacial score (nSPS) is 20.2. The van der Waals surface area contributed by atoms with E-state index < -0.39 is 0 Å². The molecule has 0 amide bonds. The summed E-state index contributed by atoms with van der Waals surface area (Å²) in [6.07, 6.45) is 2.95. The van der Waals surface area contributed by atoms with Crippen molar-refractivity contribution in [3.05, 3.63) is 29.8 Å². The van der Waals surface area contributed by atoms with Gasteiger partial charge in [-0.05, 0) is 31.9 Å². The Balaban J connectivity index is 1.91. The third-order valence-corrected chi connectivity index (χ3v) is 3.87. The molecule has 2 rings (SSSR count). The number of nitrogens with one attached hydrogen (secondary N) is 1. The molecule has 106 valence electrons. The van der Waals surface area contributed by atoms with E-state index in [9.17, 15) is 9.50 Å². The number of aromatic nitrogens is 1. The van der Waals surface area contributed by atoms with Crippen LogP contribution in [0.5, 0.6) is 0 Å². The summed E-state index contributed by atoms with van der Waals surface area (Å²) < 4.78 is 18.2. The predicted octanol–water partition coefficient (Wildman–Crippen LogP) is 1.66. The molecule has 1 aliphatic rings. The summed E-state index contributed by atoms with van der Waals surface area (Å²) >= 11 is 0. The summed E-state index contributed by atoms with van der Waals surface area (Å²) in [6, 6.07) is 3.13. The lowest BCUT2D eigenvalue weighted by molar-refractivity contribution is -0.0163. The first-order valence-electron chi connectivity index (χ1n) is 6.69. The fourth-order valence-electron chi connectivity index (χ4n) is 2.31. The molecule has 1 unspecified atom stereocenters. The Kier molecular flexibility index (Phi) is 4.85. The smallest absolute Gasteiger partial charge is 0.141 e. The van der Waals surface area contributed by atoms with Crippen LogP contribution in [-0.2, 0) is 4.74 Å². The van der Waals surface area contributed by atoms with Gasteiger partial charge in [-0.1, -0.05) is 0 Å². The zero-order chi connectivity index (χ0) is 13.7.